The van der Waals surface area contributed by atoms with E-state index in [1.54, 1.807) is 6.07 Å². The first-order chi connectivity index (χ1) is 9.02. The Kier molecular flexibility index (Phi) is 6.37. The van der Waals surface area contributed by atoms with Gasteiger partial charge in [0.15, 0.2) is 0 Å². The summed E-state index contributed by atoms with van der Waals surface area (Å²) in [4.78, 5) is 11.5. The number of amides is 1. The lowest BCUT2D eigenvalue weighted by atomic mass is 10.2. The van der Waals surface area contributed by atoms with Crippen molar-refractivity contribution in [3.63, 3.8) is 0 Å². The molecule has 0 saturated heterocycles. The first-order valence-electron chi connectivity index (χ1n) is 6.23. The minimum atomic E-state index is 0.0229. The Morgan fingerprint density at radius 3 is 2.84 bits per heavy atom. The summed E-state index contributed by atoms with van der Waals surface area (Å²) in [6.45, 7) is 5.31. The van der Waals surface area contributed by atoms with E-state index in [9.17, 15) is 4.79 Å². The summed E-state index contributed by atoms with van der Waals surface area (Å²) in [5, 5.41) is 14.9. The van der Waals surface area contributed by atoms with Gasteiger partial charge >= 0.3 is 0 Å². The van der Waals surface area contributed by atoms with Crippen LogP contribution in [0, 0.1) is 17.2 Å². The molecule has 0 radical (unpaired) electrons. The zero-order chi connectivity index (χ0) is 14.3. The first kappa shape index (κ1) is 15.5. The highest BCUT2D eigenvalue weighted by molar-refractivity contribution is 9.10. The largest absolute Gasteiger partial charge is 0.383 e. The highest BCUT2D eigenvalue weighted by atomic mass is 79.9. The summed E-state index contributed by atoms with van der Waals surface area (Å²) in [6, 6.07) is 7.51. The predicted octanol–water partition coefficient (Wildman–Crippen LogP) is 2.89. The molecule has 0 unspecified atom stereocenters. The van der Waals surface area contributed by atoms with Crippen LogP contribution in [-0.2, 0) is 4.79 Å². The molecule has 0 heterocycles. The smallest absolute Gasteiger partial charge is 0.221 e. The molecule has 0 aliphatic rings. The van der Waals surface area contributed by atoms with Crippen LogP contribution in [0.4, 0.5) is 5.69 Å². The molecule has 4 nitrogen and oxygen atoms in total. The fourth-order valence-electron chi connectivity index (χ4n) is 1.48. The number of anilines is 1. The maximum atomic E-state index is 11.5. The van der Waals surface area contributed by atoms with Crippen LogP contribution in [0.25, 0.3) is 0 Å². The fraction of sp³-hybridized carbons (Fsp3) is 0.429. The lowest BCUT2D eigenvalue weighted by Gasteiger charge is -2.10. The molecule has 1 aromatic rings. The van der Waals surface area contributed by atoms with Gasteiger partial charge in [-0.15, -0.1) is 0 Å². The van der Waals surface area contributed by atoms with Crippen molar-refractivity contribution in [3.05, 3.63) is 28.2 Å². The van der Waals surface area contributed by atoms with Crippen molar-refractivity contribution in [3.8, 4) is 6.07 Å². The van der Waals surface area contributed by atoms with Crippen molar-refractivity contribution in [2.45, 2.75) is 20.3 Å². The van der Waals surface area contributed by atoms with Crippen molar-refractivity contribution in [1.82, 2.24) is 5.32 Å². The molecule has 0 fully saturated rings. The van der Waals surface area contributed by atoms with Gasteiger partial charge in [-0.25, -0.2) is 0 Å². The maximum absolute atomic E-state index is 11.5. The quantitative estimate of drug-likeness (QED) is 0.846. The fourth-order valence-corrected chi connectivity index (χ4v) is 1.84. The van der Waals surface area contributed by atoms with Crippen LogP contribution in [0.5, 0.6) is 0 Å². The third kappa shape index (κ3) is 5.75. The Morgan fingerprint density at radius 2 is 2.21 bits per heavy atom. The second-order valence-corrected chi connectivity index (χ2v) is 5.59. The number of hydrogen-bond acceptors (Lipinski definition) is 3. The van der Waals surface area contributed by atoms with Crippen molar-refractivity contribution in [2.75, 3.05) is 18.4 Å². The minimum absolute atomic E-state index is 0.0229. The number of benzene rings is 1. The molecular weight excluding hydrogens is 306 g/mol. The zero-order valence-corrected chi connectivity index (χ0v) is 12.8. The number of rotatable bonds is 6. The van der Waals surface area contributed by atoms with Gasteiger partial charge in [0, 0.05) is 24.0 Å². The van der Waals surface area contributed by atoms with Crippen LogP contribution in [-0.4, -0.2) is 19.0 Å². The predicted molar refractivity (Wildman–Crippen MR) is 79.8 cm³/mol. The second-order valence-electron chi connectivity index (χ2n) is 4.68. The van der Waals surface area contributed by atoms with Crippen molar-refractivity contribution < 1.29 is 4.79 Å². The van der Waals surface area contributed by atoms with E-state index >= 15 is 0 Å². The van der Waals surface area contributed by atoms with Crippen LogP contribution in [0.3, 0.4) is 0 Å². The van der Waals surface area contributed by atoms with Crippen LogP contribution in [0.2, 0.25) is 0 Å². The number of halogens is 1. The third-order valence-corrected chi connectivity index (χ3v) is 2.97. The van der Waals surface area contributed by atoms with E-state index in [4.69, 9.17) is 5.26 Å². The molecule has 1 amide bonds. The van der Waals surface area contributed by atoms with Gasteiger partial charge in [-0.05, 0) is 24.1 Å². The van der Waals surface area contributed by atoms with Crippen LogP contribution in [0.1, 0.15) is 25.8 Å². The van der Waals surface area contributed by atoms with Crippen molar-refractivity contribution >= 4 is 27.5 Å². The molecular formula is C14H18BrN3O. The summed E-state index contributed by atoms with van der Waals surface area (Å²) in [7, 11) is 0. The van der Waals surface area contributed by atoms with Crippen LogP contribution in [0.15, 0.2) is 22.7 Å². The van der Waals surface area contributed by atoms with E-state index in [-0.39, 0.29) is 5.91 Å². The molecule has 1 rings (SSSR count). The Hall–Kier alpha value is -1.54. The van der Waals surface area contributed by atoms with E-state index < -0.39 is 0 Å². The van der Waals surface area contributed by atoms with E-state index in [1.165, 1.54) is 0 Å². The molecule has 1 aromatic carbocycles. The zero-order valence-electron chi connectivity index (χ0n) is 11.2. The van der Waals surface area contributed by atoms with E-state index in [0.29, 0.717) is 31.0 Å². The molecule has 102 valence electrons. The standard InChI is InChI=1S/C14H18BrN3O/c1-10(2)9-18-14(19)5-6-17-13-7-12(15)4-3-11(13)8-16/h3-4,7,10,17H,5-6,9H2,1-2H3,(H,18,19). The Morgan fingerprint density at radius 1 is 1.47 bits per heavy atom. The van der Waals surface area contributed by atoms with Gasteiger partial charge < -0.3 is 10.6 Å². The third-order valence-electron chi connectivity index (χ3n) is 2.48. The van der Waals surface area contributed by atoms with Gasteiger partial charge in [0.1, 0.15) is 6.07 Å². The van der Waals surface area contributed by atoms with Crippen LogP contribution < -0.4 is 10.6 Å². The highest BCUT2D eigenvalue weighted by Gasteiger charge is 2.05. The lowest BCUT2D eigenvalue weighted by Crippen LogP contribution is -2.28. The Labute approximate surface area is 122 Å². The highest BCUT2D eigenvalue weighted by Crippen LogP contribution is 2.20. The summed E-state index contributed by atoms with van der Waals surface area (Å²) in [6.07, 6.45) is 0.393. The summed E-state index contributed by atoms with van der Waals surface area (Å²) < 4.78 is 0.901. The van der Waals surface area contributed by atoms with Gasteiger partial charge in [-0.2, -0.15) is 5.26 Å². The van der Waals surface area contributed by atoms with E-state index in [1.807, 2.05) is 12.1 Å². The molecule has 0 aliphatic heterocycles. The van der Waals surface area contributed by atoms with Gasteiger partial charge in [0.2, 0.25) is 5.91 Å². The monoisotopic (exact) mass is 323 g/mol. The van der Waals surface area contributed by atoms with Gasteiger partial charge in [0.25, 0.3) is 0 Å². The number of hydrogen-bond donors (Lipinski definition) is 2. The average Bonchev–Trinajstić information content (AvgIpc) is 2.36. The number of nitrogens with one attached hydrogen (secondary N) is 2. The molecule has 0 atom stereocenters. The Balaban J connectivity index is 2.43. The van der Waals surface area contributed by atoms with Gasteiger partial charge in [0.05, 0.1) is 11.3 Å². The van der Waals surface area contributed by atoms with E-state index in [0.717, 1.165) is 10.2 Å². The number of nitrogens with zero attached hydrogens (tertiary/aromatic N) is 1. The molecule has 19 heavy (non-hydrogen) atoms. The number of nitriles is 1. The average molecular weight is 324 g/mol. The maximum Gasteiger partial charge on any atom is 0.221 e. The minimum Gasteiger partial charge on any atom is -0.383 e. The van der Waals surface area contributed by atoms with Crippen molar-refractivity contribution in [1.29, 1.82) is 5.26 Å². The SMILES string of the molecule is CC(C)CNC(=O)CCNc1cc(Br)ccc1C#N. The van der Waals surface area contributed by atoms with Crippen molar-refractivity contribution in [2.24, 2.45) is 5.92 Å². The summed E-state index contributed by atoms with van der Waals surface area (Å²) >= 11 is 3.36. The Bertz CT molecular complexity index is 480. The number of carbonyl (C=O) groups is 1. The molecule has 0 bridgehead atoms. The summed E-state index contributed by atoms with van der Waals surface area (Å²) in [5.74, 6) is 0.474. The van der Waals surface area contributed by atoms with E-state index in [2.05, 4.69) is 46.5 Å². The topological polar surface area (TPSA) is 64.9 Å². The van der Waals surface area contributed by atoms with Gasteiger partial charge in [-0.1, -0.05) is 29.8 Å². The molecule has 0 spiro atoms. The molecule has 2 N–H and O–H groups in total. The molecule has 0 aliphatic carbocycles. The first-order valence-corrected chi connectivity index (χ1v) is 7.02. The molecule has 0 aromatic heterocycles. The number of carbonyl (C=O) groups excluding carboxylic acids is 1. The van der Waals surface area contributed by atoms with Gasteiger partial charge in [-0.3, -0.25) is 4.79 Å². The normalized spacial score (nSPS) is 10.1. The summed E-state index contributed by atoms with van der Waals surface area (Å²) in [5.41, 5.74) is 1.32. The molecule has 0 saturated carbocycles. The van der Waals surface area contributed by atoms with Crippen LogP contribution >= 0.6 is 15.9 Å². The lowest BCUT2D eigenvalue weighted by molar-refractivity contribution is -0.120. The second kappa shape index (κ2) is 7.80. The molecule has 5 heteroatoms.